The third-order valence-electron chi connectivity index (χ3n) is 5.43. The van der Waals surface area contributed by atoms with Gasteiger partial charge in [-0.25, -0.2) is 0 Å². The van der Waals surface area contributed by atoms with Crippen LogP contribution < -0.4 is 0 Å². The fraction of sp³-hybridized carbons (Fsp3) is 0.737. The summed E-state index contributed by atoms with van der Waals surface area (Å²) in [4.78, 5) is 11.8. The number of hydrogen-bond donors (Lipinski definition) is 5. The van der Waals surface area contributed by atoms with Gasteiger partial charge >= 0.3 is 0 Å². The van der Waals surface area contributed by atoms with Gasteiger partial charge in [0.15, 0.2) is 12.1 Å². The van der Waals surface area contributed by atoms with Crippen LogP contribution in [0.25, 0.3) is 0 Å². The van der Waals surface area contributed by atoms with Crippen LogP contribution in [0.3, 0.4) is 0 Å². The van der Waals surface area contributed by atoms with Gasteiger partial charge in [-0.05, 0) is 31.6 Å². The van der Waals surface area contributed by atoms with Crippen LogP contribution in [0.5, 0.6) is 0 Å². The van der Waals surface area contributed by atoms with E-state index in [4.69, 9.17) is 9.47 Å². The van der Waals surface area contributed by atoms with Gasteiger partial charge in [0.05, 0.1) is 12.7 Å². The number of rotatable bonds is 5. The van der Waals surface area contributed by atoms with E-state index in [0.29, 0.717) is 5.57 Å². The van der Waals surface area contributed by atoms with Gasteiger partial charge in [0.25, 0.3) is 0 Å². The van der Waals surface area contributed by atoms with Crippen molar-refractivity contribution in [3.05, 3.63) is 23.8 Å². The van der Waals surface area contributed by atoms with Gasteiger partial charge in [-0.1, -0.05) is 19.9 Å². The van der Waals surface area contributed by atoms with Crippen molar-refractivity contribution in [1.29, 1.82) is 0 Å². The SMILES string of the molecule is CC1=CC(=O)CC(C)(C)[C@]1(O)C=C[C@H](C)O[C@@H]1O[C@H](CO)[C@@H](O)[C@H](O)[C@H]1O. The summed E-state index contributed by atoms with van der Waals surface area (Å²) in [5.41, 5.74) is -1.52. The Morgan fingerprint density at radius 2 is 1.93 bits per heavy atom. The van der Waals surface area contributed by atoms with Crippen molar-refractivity contribution in [2.24, 2.45) is 5.41 Å². The summed E-state index contributed by atoms with van der Waals surface area (Å²) in [5, 5.41) is 50.0. The van der Waals surface area contributed by atoms with E-state index in [2.05, 4.69) is 0 Å². The quantitative estimate of drug-likeness (QED) is 0.396. The molecule has 5 N–H and O–H groups in total. The summed E-state index contributed by atoms with van der Waals surface area (Å²) in [5.74, 6) is -0.0406. The summed E-state index contributed by atoms with van der Waals surface area (Å²) in [7, 11) is 0. The Morgan fingerprint density at radius 3 is 2.48 bits per heavy atom. The highest BCUT2D eigenvalue weighted by atomic mass is 16.7. The Bertz CT molecular complexity index is 611. The van der Waals surface area contributed by atoms with Crippen LogP contribution in [0.4, 0.5) is 0 Å². The van der Waals surface area contributed by atoms with Crippen molar-refractivity contribution in [1.82, 2.24) is 0 Å². The molecular weight excluding hydrogens is 356 g/mol. The predicted molar refractivity (Wildman–Crippen MR) is 95.6 cm³/mol. The molecule has 8 heteroatoms. The molecule has 2 rings (SSSR count). The third-order valence-corrected chi connectivity index (χ3v) is 5.43. The van der Waals surface area contributed by atoms with Gasteiger partial charge < -0.3 is 35.0 Å². The van der Waals surface area contributed by atoms with E-state index < -0.39 is 54.4 Å². The maximum Gasteiger partial charge on any atom is 0.187 e. The molecule has 1 fully saturated rings. The van der Waals surface area contributed by atoms with E-state index in [-0.39, 0.29) is 12.2 Å². The zero-order valence-corrected chi connectivity index (χ0v) is 16.1. The van der Waals surface area contributed by atoms with Gasteiger partial charge in [0, 0.05) is 11.8 Å². The minimum Gasteiger partial charge on any atom is -0.394 e. The number of carbonyl (C=O) groups excluding carboxylic acids is 1. The number of aliphatic hydroxyl groups is 5. The first-order valence-electron chi connectivity index (χ1n) is 9.02. The van der Waals surface area contributed by atoms with E-state index in [1.165, 1.54) is 6.08 Å². The van der Waals surface area contributed by atoms with Crippen molar-refractivity contribution in [3.63, 3.8) is 0 Å². The summed E-state index contributed by atoms with van der Waals surface area (Å²) >= 11 is 0. The molecule has 0 aromatic rings. The van der Waals surface area contributed by atoms with Crippen LogP contribution in [-0.2, 0) is 14.3 Å². The second-order valence-electron chi connectivity index (χ2n) is 8.02. The zero-order valence-electron chi connectivity index (χ0n) is 16.1. The monoisotopic (exact) mass is 386 g/mol. The molecule has 1 aliphatic carbocycles. The summed E-state index contributed by atoms with van der Waals surface area (Å²) in [6, 6.07) is 0. The minimum atomic E-state index is -1.52. The van der Waals surface area contributed by atoms with Crippen LogP contribution in [0, 0.1) is 5.41 Å². The first-order chi connectivity index (χ1) is 12.4. The highest BCUT2D eigenvalue weighted by Crippen LogP contribution is 2.44. The van der Waals surface area contributed by atoms with Gasteiger partial charge in [0.2, 0.25) is 0 Å². The van der Waals surface area contributed by atoms with Gasteiger partial charge in [-0.3, -0.25) is 4.79 Å². The minimum absolute atomic E-state index is 0.0406. The Kier molecular flexibility index (Phi) is 6.63. The molecule has 154 valence electrons. The second kappa shape index (κ2) is 8.08. The largest absolute Gasteiger partial charge is 0.394 e. The summed E-state index contributed by atoms with van der Waals surface area (Å²) < 4.78 is 10.9. The van der Waals surface area contributed by atoms with Crippen molar-refractivity contribution in [2.75, 3.05) is 6.61 Å². The van der Waals surface area contributed by atoms with Gasteiger partial charge in [-0.2, -0.15) is 0 Å². The topological polar surface area (TPSA) is 137 Å². The van der Waals surface area contributed by atoms with Crippen molar-refractivity contribution in [3.8, 4) is 0 Å². The molecule has 1 aliphatic heterocycles. The Morgan fingerprint density at radius 1 is 1.30 bits per heavy atom. The maximum atomic E-state index is 11.8. The molecule has 0 aromatic carbocycles. The predicted octanol–water partition coefficient (Wildman–Crippen LogP) is -0.576. The smallest absolute Gasteiger partial charge is 0.187 e. The molecule has 1 saturated heterocycles. The molecular formula is C19H30O8. The van der Waals surface area contributed by atoms with Gasteiger partial charge in [-0.15, -0.1) is 0 Å². The molecule has 0 radical (unpaired) electrons. The Hall–Kier alpha value is -1.13. The Balaban J connectivity index is 2.11. The number of hydrogen-bond acceptors (Lipinski definition) is 8. The maximum absolute atomic E-state index is 11.8. The lowest BCUT2D eigenvalue weighted by Crippen LogP contribution is -2.59. The van der Waals surface area contributed by atoms with E-state index in [1.54, 1.807) is 39.8 Å². The summed E-state index contributed by atoms with van der Waals surface area (Å²) in [6.45, 7) is 6.40. The van der Waals surface area contributed by atoms with Crippen LogP contribution in [0.15, 0.2) is 23.8 Å². The van der Waals surface area contributed by atoms with Gasteiger partial charge in [0.1, 0.15) is 30.0 Å². The normalized spacial score (nSPS) is 40.9. The first-order valence-corrected chi connectivity index (χ1v) is 9.02. The molecule has 7 atom stereocenters. The fourth-order valence-corrected chi connectivity index (χ4v) is 3.58. The molecule has 0 unspecified atom stereocenters. The molecule has 0 amide bonds. The molecule has 0 spiro atoms. The second-order valence-corrected chi connectivity index (χ2v) is 8.02. The number of ketones is 1. The van der Waals surface area contributed by atoms with E-state index in [9.17, 15) is 30.3 Å². The fourth-order valence-electron chi connectivity index (χ4n) is 3.58. The Labute approximate surface area is 158 Å². The average molecular weight is 386 g/mol. The molecule has 0 saturated carbocycles. The lowest BCUT2D eigenvalue weighted by atomic mass is 9.64. The standard InChI is InChI=1S/C19H30O8/c1-10-7-12(21)8-18(3,4)19(10,25)6-5-11(2)26-17-16(24)15(23)14(22)13(9-20)27-17/h5-7,11,13-17,20,22-25H,8-9H2,1-4H3/t11-,13+,14+,15-,16+,17+,19-/m0/s1. The van der Waals surface area contributed by atoms with Crippen LogP contribution >= 0.6 is 0 Å². The molecule has 1 heterocycles. The molecule has 0 bridgehead atoms. The number of aliphatic hydroxyl groups excluding tert-OH is 4. The third kappa shape index (κ3) is 4.32. The van der Waals surface area contributed by atoms with Crippen molar-refractivity contribution in [2.45, 2.75) is 76.5 Å². The molecule has 8 nitrogen and oxygen atoms in total. The van der Waals surface area contributed by atoms with E-state index in [0.717, 1.165) is 0 Å². The number of allylic oxidation sites excluding steroid dienone is 1. The zero-order chi connectivity index (χ0) is 20.6. The highest BCUT2D eigenvalue weighted by Gasteiger charge is 2.47. The number of ether oxygens (including phenoxy) is 2. The van der Waals surface area contributed by atoms with Crippen molar-refractivity contribution < 1.29 is 39.8 Å². The molecule has 27 heavy (non-hydrogen) atoms. The van der Waals surface area contributed by atoms with E-state index in [1.807, 2.05) is 0 Å². The van der Waals surface area contributed by atoms with Crippen molar-refractivity contribution >= 4 is 5.78 Å². The summed E-state index contributed by atoms with van der Waals surface area (Å²) in [6.07, 6.45) is -2.64. The molecule has 0 aromatic heterocycles. The highest BCUT2D eigenvalue weighted by molar-refractivity contribution is 5.92. The lowest BCUT2D eigenvalue weighted by molar-refractivity contribution is -0.306. The van der Waals surface area contributed by atoms with Crippen LogP contribution in [-0.4, -0.2) is 80.3 Å². The number of carbonyl (C=O) groups is 1. The average Bonchev–Trinajstić information content (AvgIpc) is 2.58. The van der Waals surface area contributed by atoms with Crippen LogP contribution in [0.1, 0.15) is 34.1 Å². The molecule has 2 aliphatic rings. The van der Waals surface area contributed by atoms with Crippen LogP contribution in [0.2, 0.25) is 0 Å². The lowest BCUT2D eigenvalue weighted by Gasteiger charge is -2.44. The van der Waals surface area contributed by atoms with E-state index >= 15 is 0 Å². The first kappa shape index (κ1) is 22.2.